The smallest absolute Gasteiger partial charge is 0.305 e. The van der Waals surface area contributed by atoms with Crippen LogP contribution in [0.25, 0.3) is 5.82 Å². The number of ether oxygens (including phenoxy) is 1. The molecule has 2 heterocycles. The van der Waals surface area contributed by atoms with Crippen molar-refractivity contribution in [1.82, 2.24) is 19.4 Å². The van der Waals surface area contributed by atoms with Crippen LogP contribution in [-0.4, -0.2) is 52.0 Å². The largest absolute Gasteiger partial charge is 0.469 e. The Morgan fingerprint density at radius 3 is 2.77 bits per heavy atom. The van der Waals surface area contributed by atoms with Gasteiger partial charge in [0.1, 0.15) is 12.1 Å². The van der Waals surface area contributed by atoms with Crippen molar-refractivity contribution in [2.75, 3.05) is 20.7 Å². The van der Waals surface area contributed by atoms with Crippen molar-refractivity contribution in [2.45, 2.75) is 12.8 Å². The van der Waals surface area contributed by atoms with Crippen LogP contribution >= 0.6 is 0 Å². The van der Waals surface area contributed by atoms with E-state index in [1.165, 1.54) is 13.3 Å². The Labute approximate surface area is 128 Å². The summed E-state index contributed by atoms with van der Waals surface area (Å²) in [5.41, 5.74) is 0.504. The van der Waals surface area contributed by atoms with E-state index in [1.54, 1.807) is 47.4 Å². The van der Waals surface area contributed by atoms with E-state index in [4.69, 9.17) is 0 Å². The molecule has 2 rings (SSSR count). The molecule has 7 heteroatoms. The van der Waals surface area contributed by atoms with Crippen LogP contribution in [0, 0.1) is 0 Å². The molecule has 0 spiro atoms. The number of rotatable bonds is 6. The van der Waals surface area contributed by atoms with Gasteiger partial charge in [-0.2, -0.15) is 0 Å². The van der Waals surface area contributed by atoms with Gasteiger partial charge in [-0.1, -0.05) is 0 Å². The maximum atomic E-state index is 12.2. The molecule has 0 aliphatic heterocycles. The van der Waals surface area contributed by atoms with Gasteiger partial charge in [0.15, 0.2) is 0 Å². The SMILES string of the molecule is COC(=O)CCCN(C)C(=O)c1ccc(-n2ccnc2)nc1. The molecule has 0 radical (unpaired) electrons. The monoisotopic (exact) mass is 302 g/mol. The quantitative estimate of drug-likeness (QED) is 0.751. The van der Waals surface area contributed by atoms with E-state index in [0.717, 1.165) is 0 Å². The maximum Gasteiger partial charge on any atom is 0.305 e. The fourth-order valence-electron chi connectivity index (χ4n) is 1.94. The molecular weight excluding hydrogens is 284 g/mol. The predicted molar refractivity (Wildman–Crippen MR) is 79.6 cm³/mol. The topological polar surface area (TPSA) is 77.3 Å². The number of amides is 1. The third kappa shape index (κ3) is 3.91. The summed E-state index contributed by atoms with van der Waals surface area (Å²) in [5.74, 6) is 0.296. The number of methoxy groups -OCH3 is 1. The molecule has 0 N–H and O–H groups in total. The molecule has 7 nitrogen and oxygen atoms in total. The number of nitrogens with zero attached hydrogens (tertiary/aromatic N) is 4. The van der Waals surface area contributed by atoms with Gasteiger partial charge in [-0.05, 0) is 18.6 Å². The lowest BCUT2D eigenvalue weighted by atomic mass is 10.2. The zero-order valence-electron chi connectivity index (χ0n) is 12.6. The molecule has 22 heavy (non-hydrogen) atoms. The third-order valence-corrected chi connectivity index (χ3v) is 3.21. The Morgan fingerprint density at radius 2 is 2.18 bits per heavy atom. The highest BCUT2D eigenvalue weighted by atomic mass is 16.5. The van der Waals surface area contributed by atoms with Gasteiger partial charge in [0.05, 0.1) is 12.7 Å². The Hall–Kier alpha value is -2.70. The third-order valence-electron chi connectivity index (χ3n) is 3.21. The van der Waals surface area contributed by atoms with E-state index in [0.29, 0.717) is 30.8 Å². The van der Waals surface area contributed by atoms with Gasteiger partial charge in [-0.25, -0.2) is 9.97 Å². The zero-order chi connectivity index (χ0) is 15.9. The molecule has 2 aromatic heterocycles. The van der Waals surface area contributed by atoms with E-state index >= 15 is 0 Å². The Balaban J connectivity index is 1.93. The van der Waals surface area contributed by atoms with Crippen LogP contribution in [0.1, 0.15) is 23.2 Å². The van der Waals surface area contributed by atoms with E-state index in [-0.39, 0.29) is 11.9 Å². The Bertz CT molecular complexity index is 623. The van der Waals surface area contributed by atoms with Gasteiger partial charge < -0.3 is 9.64 Å². The van der Waals surface area contributed by atoms with Crippen LogP contribution in [0.5, 0.6) is 0 Å². The molecule has 0 aliphatic carbocycles. The van der Waals surface area contributed by atoms with E-state index in [2.05, 4.69) is 14.7 Å². The summed E-state index contributed by atoms with van der Waals surface area (Å²) >= 11 is 0. The molecule has 0 aromatic carbocycles. The maximum absolute atomic E-state index is 12.2. The van der Waals surface area contributed by atoms with Crippen molar-refractivity contribution in [3.63, 3.8) is 0 Å². The lowest BCUT2D eigenvalue weighted by Crippen LogP contribution is -2.28. The number of hydrogen-bond acceptors (Lipinski definition) is 5. The molecular formula is C15H18N4O3. The van der Waals surface area contributed by atoms with Gasteiger partial charge in [0.25, 0.3) is 5.91 Å². The molecule has 2 aromatic rings. The average molecular weight is 302 g/mol. The second-order valence-corrected chi connectivity index (χ2v) is 4.78. The molecule has 1 amide bonds. The fourth-order valence-corrected chi connectivity index (χ4v) is 1.94. The zero-order valence-corrected chi connectivity index (χ0v) is 12.6. The van der Waals surface area contributed by atoms with Gasteiger partial charge in [-0.3, -0.25) is 14.2 Å². The van der Waals surface area contributed by atoms with Gasteiger partial charge >= 0.3 is 5.97 Å². The first-order valence-corrected chi connectivity index (χ1v) is 6.88. The van der Waals surface area contributed by atoms with Crippen LogP contribution in [0.4, 0.5) is 0 Å². The lowest BCUT2D eigenvalue weighted by molar-refractivity contribution is -0.140. The molecule has 0 bridgehead atoms. The predicted octanol–water partition coefficient (Wildman–Crippen LogP) is 1.29. The molecule has 116 valence electrons. The summed E-state index contributed by atoms with van der Waals surface area (Å²) in [7, 11) is 3.05. The van der Waals surface area contributed by atoms with Crippen LogP contribution in [-0.2, 0) is 9.53 Å². The minimum Gasteiger partial charge on any atom is -0.469 e. The number of esters is 1. The molecule has 0 atom stereocenters. The first-order chi connectivity index (χ1) is 10.6. The van der Waals surface area contributed by atoms with Crippen molar-refractivity contribution < 1.29 is 14.3 Å². The van der Waals surface area contributed by atoms with Crippen molar-refractivity contribution >= 4 is 11.9 Å². The number of carbonyl (C=O) groups is 2. The molecule has 0 unspecified atom stereocenters. The van der Waals surface area contributed by atoms with Crippen molar-refractivity contribution in [2.24, 2.45) is 0 Å². The van der Waals surface area contributed by atoms with Gasteiger partial charge in [0, 0.05) is 38.6 Å². The lowest BCUT2D eigenvalue weighted by Gasteiger charge is -2.16. The Morgan fingerprint density at radius 1 is 1.36 bits per heavy atom. The average Bonchev–Trinajstić information content (AvgIpc) is 3.08. The number of aromatic nitrogens is 3. The summed E-state index contributed by atoms with van der Waals surface area (Å²) in [4.78, 5) is 33.0. The summed E-state index contributed by atoms with van der Waals surface area (Å²) in [6.07, 6.45) is 7.48. The van der Waals surface area contributed by atoms with E-state index in [1.807, 2.05) is 0 Å². The normalized spacial score (nSPS) is 10.3. The van der Waals surface area contributed by atoms with Gasteiger partial charge in [0.2, 0.25) is 0 Å². The second kappa shape index (κ2) is 7.35. The number of imidazole rings is 1. The van der Waals surface area contributed by atoms with Crippen LogP contribution in [0.15, 0.2) is 37.1 Å². The summed E-state index contributed by atoms with van der Waals surface area (Å²) in [5, 5.41) is 0. The highest BCUT2D eigenvalue weighted by Gasteiger charge is 2.12. The van der Waals surface area contributed by atoms with Crippen LogP contribution in [0.3, 0.4) is 0 Å². The number of pyridine rings is 1. The second-order valence-electron chi connectivity index (χ2n) is 4.78. The van der Waals surface area contributed by atoms with Gasteiger partial charge in [-0.15, -0.1) is 0 Å². The highest BCUT2D eigenvalue weighted by molar-refractivity contribution is 5.93. The fraction of sp³-hybridized carbons (Fsp3) is 0.333. The number of hydrogen-bond donors (Lipinski definition) is 0. The van der Waals surface area contributed by atoms with Crippen molar-refractivity contribution in [3.05, 3.63) is 42.6 Å². The summed E-state index contributed by atoms with van der Waals surface area (Å²) in [6, 6.07) is 3.48. The van der Waals surface area contributed by atoms with Crippen molar-refractivity contribution in [3.8, 4) is 5.82 Å². The van der Waals surface area contributed by atoms with Crippen LogP contribution < -0.4 is 0 Å². The Kier molecular flexibility index (Phi) is 5.24. The first-order valence-electron chi connectivity index (χ1n) is 6.88. The van der Waals surface area contributed by atoms with E-state index < -0.39 is 0 Å². The summed E-state index contributed by atoms with van der Waals surface area (Å²) < 4.78 is 6.32. The summed E-state index contributed by atoms with van der Waals surface area (Å²) in [6.45, 7) is 0.483. The van der Waals surface area contributed by atoms with E-state index in [9.17, 15) is 9.59 Å². The minimum atomic E-state index is -0.271. The number of carbonyl (C=O) groups excluding carboxylic acids is 2. The molecule has 0 saturated heterocycles. The van der Waals surface area contributed by atoms with Crippen molar-refractivity contribution in [1.29, 1.82) is 0 Å². The first kappa shape index (κ1) is 15.7. The molecule has 0 fully saturated rings. The standard InChI is InChI=1S/C15H18N4O3/c1-18(8-3-4-14(20)22-2)15(21)12-5-6-13(17-10-12)19-9-7-16-11-19/h5-7,9-11H,3-4,8H2,1-2H3. The molecule has 0 aliphatic rings. The molecule has 0 saturated carbocycles. The van der Waals surface area contributed by atoms with Crippen LogP contribution in [0.2, 0.25) is 0 Å². The minimum absolute atomic E-state index is 0.130. The highest BCUT2D eigenvalue weighted by Crippen LogP contribution is 2.08.